The van der Waals surface area contributed by atoms with Gasteiger partial charge in [-0.1, -0.05) is 17.7 Å². The molecule has 2 unspecified atom stereocenters. The van der Waals surface area contributed by atoms with E-state index in [1.54, 1.807) is 13.2 Å². The van der Waals surface area contributed by atoms with Crippen molar-refractivity contribution in [2.45, 2.75) is 12.1 Å². The summed E-state index contributed by atoms with van der Waals surface area (Å²) in [5, 5.41) is 3.96. The summed E-state index contributed by atoms with van der Waals surface area (Å²) in [5.74, 6) is 0.735. The summed E-state index contributed by atoms with van der Waals surface area (Å²) in [5.41, 5.74) is 7.11. The monoisotopic (exact) mass is 256 g/mol. The molecular weight excluding hydrogens is 240 g/mol. The van der Waals surface area contributed by atoms with Crippen LogP contribution >= 0.6 is 11.6 Å². The Kier molecular flexibility index (Phi) is 4.23. The van der Waals surface area contributed by atoms with Gasteiger partial charge in [0, 0.05) is 23.7 Å². The zero-order chi connectivity index (χ0) is 12.3. The largest absolute Gasteiger partial charge is 0.497 e. The number of benzene rings is 1. The summed E-state index contributed by atoms with van der Waals surface area (Å²) in [4.78, 5) is 0. The fraction of sp³-hybridized carbons (Fsp3) is 0.500. The second kappa shape index (κ2) is 5.69. The highest BCUT2D eigenvalue weighted by Gasteiger charge is 2.23. The Labute approximate surface area is 106 Å². The Morgan fingerprint density at radius 2 is 2.41 bits per heavy atom. The van der Waals surface area contributed by atoms with Crippen molar-refractivity contribution in [3.63, 3.8) is 0 Å². The molecule has 0 aliphatic carbocycles. The molecule has 94 valence electrons. The van der Waals surface area contributed by atoms with E-state index < -0.39 is 0 Å². The third-order valence-electron chi connectivity index (χ3n) is 2.95. The predicted molar refractivity (Wildman–Crippen MR) is 67.5 cm³/mol. The maximum absolute atomic E-state index is 6.19. The van der Waals surface area contributed by atoms with Crippen molar-refractivity contribution in [1.82, 2.24) is 5.32 Å². The molecule has 0 aromatic heterocycles. The van der Waals surface area contributed by atoms with Crippen molar-refractivity contribution in [1.29, 1.82) is 0 Å². The zero-order valence-corrected chi connectivity index (χ0v) is 10.5. The molecule has 1 aromatic rings. The van der Waals surface area contributed by atoms with E-state index in [2.05, 4.69) is 5.32 Å². The first-order chi connectivity index (χ1) is 8.22. The second-order valence-electron chi connectivity index (χ2n) is 4.05. The molecule has 1 aliphatic heterocycles. The van der Waals surface area contributed by atoms with Gasteiger partial charge in [-0.15, -0.1) is 0 Å². The third-order valence-corrected chi connectivity index (χ3v) is 3.28. The molecule has 2 atom stereocenters. The first-order valence-electron chi connectivity index (χ1n) is 5.62. The Morgan fingerprint density at radius 1 is 1.59 bits per heavy atom. The van der Waals surface area contributed by atoms with E-state index in [9.17, 15) is 0 Å². The number of nitrogens with one attached hydrogen (secondary N) is 1. The fourth-order valence-electron chi connectivity index (χ4n) is 1.94. The lowest BCUT2D eigenvalue weighted by molar-refractivity contribution is 0.0685. The van der Waals surface area contributed by atoms with Crippen LogP contribution in [0.5, 0.6) is 5.75 Å². The summed E-state index contributed by atoms with van der Waals surface area (Å²) in [6, 6.07) is 5.48. The summed E-state index contributed by atoms with van der Waals surface area (Å²) in [6.45, 7) is 2.18. The molecule has 17 heavy (non-hydrogen) atoms. The van der Waals surface area contributed by atoms with Crippen LogP contribution in [-0.4, -0.2) is 32.9 Å². The first kappa shape index (κ1) is 12.6. The lowest BCUT2D eigenvalue weighted by Gasteiger charge is -2.29. The average Bonchev–Trinajstić information content (AvgIpc) is 2.39. The van der Waals surface area contributed by atoms with Crippen molar-refractivity contribution >= 4 is 11.6 Å². The molecule has 2 rings (SSSR count). The van der Waals surface area contributed by atoms with Gasteiger partial charge >= 0.3 is 0 Å². The van der Waals surface area contributed by atoms with Crippen LogP contribution in [0.15, 0.2) is 18.2 Å². The maximum atomic E-state index is 6.19. The summed E-state index contributed by atoms with van der Waals surface area (Å²) in [7, 11) is 1.61. The Balaban J connectivity index is 2.15. The Hall–Kier alpha value is -0.810. The van der Waals surface area contributed by atoms with Crippen LogP contribution in [0.2, 0.25) is 5.02 Å². The van der Waals surface area contributed by atoms with Gasteiger partial charge in [-0.05, 0) is 17.7 Å². The summed E-state index contributed by atoms with van der Waals surface area (Å²) in [6.07, 6.45) is 0. The lowest BCUT2D eigenvalue weighted by atomic mass is 10.00. The Bertz CT molecular complexity index is 381. The number of rotatable bonds is 3. The second-order valence-corrected chi connectivity index (χ2v) is 4.46. The number of hydrogen-bond donors (Lipinski definition) is 2. The van der Waals surface area contributed by atoms with Gasteiger partial charge in [-0.25, -0.2) is 0 Å². The fourth-order valence-corrected chi connectivity index (χ4v) is 2.23. The molecule has 0 bridgehead atoms. The minimum Gasteiger partial charge on any atom is -0.497 e. The predicted octanol–water partition coefficient (Wildman–Crippen LogP) is 1.34. The van der Waals surface area contributed by atoms with Gasteiger partial charge in [-0.3, -0.25) is 0 Å². The number of ether oxygens (including phenoxy) is 2. The molecule has 1 heterocycles. The molecule has 1 saturated heterocycles. The number of hydrogen-bond acceptors (Lipinski definition) is 4. The van der Waals surface area contributed by atoms with E-state index in [1.807, 2.05) is 12.1 Å². The van der Waals surface area contributed by atoms with Crippen molar-refractivity contribution in [2.75, 3.05) is 26.9 Å². The van der Waals surface area contributed by atoms with Crippen molar-refractivity contribution < 1.29 is 9.47 Å². The van der Waals surface area contributed by atoms with E-state index in [0.717, 1.165) is 24.5 Å². The molecule has 1 aliphatic rings. The van der Waals surface area contributed by atoms with E-state index in [0.29, 0.717) is 11.6 Å². The number of morpholine rings is 1. The van der Waals surface area contributed by atoms with Crippen molar-refractivity contribution in [3.05, 3.63) is 28.8 Å². The maximum Gasteiger partial charge on any atom is 0.120 e. The highest BCUT2D eigenvalue weighted by atomic mass is 35.5. The minimum absolute atomic E-state index is 0.106. The molecule has 0 amide bonds. The van der Waals surface area contributed by atoms with Crippen molar-refractivity contribution in [2.24, 2.45) is 5.73 Å². The number of halogens is 1. The zero-order valence-electron chi connectivity index (χ0n) is 9.78. The van der Waals surface area contributed by atoms with E-state index in [4.69, 9.17) is 26.8 Å². The SMILES string of the molecule is COc1ccc(C(N)C2COCCN2)c(Cl)c1. The van der Waals surface area contributed by atoms with E-state index in [-0.39, 0.29) is 12.1 Å². The molecule has 1 fully saturated rings. The molecule has 4 nitrogen and oxygen atoms in total. The van der Waals surface area contributed by atoms with Crippen LogP contribution < -0.4 is 15.8 Å². The average molecular weight is 257 g/mol. The van der Waals surface area contributed by atoms with Gasteiger partial charge < -0.3 is 20.5 Å². The standard InChI is InChI=1S/C12H17ClN2O2/c1-16-8-2-3-9(10(13)6-8)12(14)11-7-17-5-4-15-11/h2-3,6,11-12,15H,4-5,7,14H2,1H3. The summed E-state index contributed by atoms with van der Waals surface area (Å²) < 4.78 is 10.5. The smallest absolute Gasteiger partial charge is 0.120 e. The van der Waals surface area contributed by atoms with Crippen LogP contribution in [0, 0.1) is 0 Å². The van der Waals surface area contributed by atoms with Crippen LogP contribution in [0.4, 0.5) is 0 Å². The minimum atomic E-state index is -0.172. The molecule has 5 heteroatoms. The van der Waals surface area contributed by atoms with Crippen LogP contribution in [0.1, 0.15) is 11.6 Å². The molecule has 1 aromatic carbocycles. The highest BCUT2D eigenvalue weighted by Crippen LogP contribution is 2.28. The van der Waals surface area contributed by atoms with Crippen LogP contribution in [0.25, 0.3) is 0 Å². The van der Waals surface area contributed by atoms with Gasteiger partial charge in [0.05, 0.1) is 20.3 Å². The van der Waals surface area contributed by atoms with Crippen LogP contribution in [0.3, 0.4) is 0 Å². The van der Waals surface area contributed by atoms with Gasteiger partial charge in [0.1, 0.15) is 5.75 Å². The van der Waals surface area contributed by atoms with Crippen molar-refractivity contribution in [3.8, 4) is 5.75 Å². The topological polar surface area (TPSA) is 56.5 Å². The normalized spacial score (nSPS) is 22.2. The number of methoxy groups -OCH3 is 1. The van der Waals surface area contributed by atoms with Crippen LogP contribution in [-0.2, 0) is 4.74 Å². The molecule has 3 N–H and O–H groups in total. The highest BCUT2D eigenvalue weighted by molar-refractivity contribution is 6.31. The summed E-state index contributed by atoms with van der Waals surface area (Å²) >= 11 is 6.19. The van der Waals surface area contributed by atoms with E-state index in [1.165, 1.54) is 0 Å². The van der Waals surface area contributed by atoms with Gasteiger partial charge in [0.25, 0.3) is 0 Å². The third kappa shape index (κ3) is 2.90. The first-order valence-corrected chi connectivity index (χ1v) is 6.00. The van der Waals surface area contributed by atoms with Gasteiger partial charge in [0.15, 0.2) is 0 Å². The molecular formula is C12H17ClN2O2. The van der Waals surface area contributed by atoms with E-state index >= 15 is 0 Å². The number of nitrogens with two attached hydrogens (primary N) is 1. The molecule has 0 saturated carbocycles. The van der Waals surface area contributed by atoms with Gasteiger partial charge in [0.2, 0.25) is 0 Å². The Morgan fingerprint density at radius 3 is 3.00 bits per heavy atom. The molecule has 0 spiro atoms. The quantitative estimate of drug-likeness (QED) is 0.857. The molecule has 0 radical (unpaired) electrons. The lowest BCUT2D eigenvalue weighted by Crippen LogP contribution is -2.47. The van der Waals surface area contributed by atoms with Gasteiger partial charge in [-0.2, -0.15) is 0 Å².